The Bertz CT molecular complexity index is 1030. The predicted molar refractivity (Wildman–Crippen MR) is 129 cm³/mol. The van der Waals surface area contributed by atoms with Crippen LogP contribution in [0.3, 0.4) is 0 Å². The lowest BCUT2D eigenvalue weighted by Gasteiger charge is -2.33. The van der Waals surface area contributed by atoms with E-state index in [1.54, 1.807) is 12.3 Å². The fourth-order valence-electron chi connectivity index (χ4n) is 3.52. The molecule has 11 heteroatoms. The highest BCUT2D eigenvalue weighted by atomic mass is 31.2. The van der Waals surface area contributed by atoms with Crippen molar-refractivity contribution in [3.63, 3.8) is 0 Å². The Balaban J connectivity index is 1.74. The highest BCUT2D eigenvalue weighted by molar-refractivity contribution is 7.58. The first kappa shape index (κ1) is 24.6. The van der Waals surface area contributed by atoms with E-state index in [0.717, 1.165) is 11.1 Å². The monoisotopic (exact) mass is 472 g/mol. The molecule has 3 rings (SSSR count). The highest BCUT2D eigenvalue weighted by Crippen LogP contribution is 2.42. The van der Waals surface area contributed by atoms with Gasteiger partial charge < -0.3 is 20.6 Å². The van der Waals surface area contributed by atoms with Crippen molar-refractivity contribution in [2.45, 2.75) is 31.1 Å². The van der Waals surface area contributed by atoms with E-state index in [9.17, 15) is 19.4 Å². The smallest absolute Gasteiger partial charge is 0.255 e. The number of allylic oxidation sites excluding steroid dienone is 1. The molecule has 5 N–H and O–H groups in total. The lowest BCUT2D eigenvalue weighted by atomic mass is 9.97. The molecule has 0 aliphatic carbocycles. The molecule has 2 aliphatic heterocycles. The molecule has 5 atom stereocenters. The quantitative estimate of drug-likeness (QED) is 0.158. The summed E-state index contributed by atoms with van der Waals surface area (Å²) in [5.41, 5.74) is 1.22. The van der Waals surface area contributed by atoms with Gasteiger partial charge in [0.2, 0.25) is 7.37 Å². The van der Waals surface area contributed by atoms with E-state index in [4.69, 9.17) is 0 Å². The topological polar surface area (TPSA) is 139 Å². The van der Waals surface area contributed by atoms with Gasteiger partial charge in [0, 0.05) is 25.3 Å². The molecule has 1 aromatic carbocycles. The Kier molecular flexibility index (Phi) is 7.99. The number of nitrogens with zero attached hydrogens (tertiary/aromatic N) is 3. The lowest BCUT2D eigenvalue weighted by molar-refractivity contribution is -0.121. The minimum absolute atomic E-state index is 0.0940. The number of nitrogens with one attached hydrogen (secondary N) is 3. The van der Waals surface area contributed by atoms with Gasteiger partial charge in [0.15, 0.2) is 6.29 Å². The van der Waals surface area contributed by atoms with Crippen LogP contribution in [0.25, 0.3) is 0 Å². The molecule has 2 heterocycles. The number of carbonyl (C=O) groups is 1. The molecule has 2 aliphatic rings. The molecule has 0 aromatic heterocycles. The van der Waals surface area contributed by atoms with Crippen molar-refractivity contribution < 1.29 is 19.4 Å². The third kappa shape index (κ3) is 6.06. The van der Waals surface area contributed by atoms with Gasteiger partial charge in [-0.25, -0.2) is 0 Å². The molecule has 0 saturated heterocycles. The molecule has 1 amide bonds. The van der Waals surface area contributed by atoms with Crippen LogP contribution in [0, 0.1) is 0 Å². The number of aliphatic imine (C=N–C) groups is 1. The van der Waals surface area contributed by atoms with Gasteiger partial charge in [-0.3, -0.25) is 24.7 Å². The van der Waals surface area contributed by atoms with E-state index in [-0.39, 0.29) is 12.1 Å². The largest absolute Gasteiger partial charge is 0.374 e. The summed E-state index contributed by atoms with van der Waals surface area (Å²) in [5.74, 6) is -0.488. The number of aliphatic hydroxyl groups is 1. The van der Waals surface area contributed by atoms with Crippen LogP contribution < -0.4 is 16.0 Å². The summed E-state index contributed by atoms with van der Waals surface area (Å²) >= 11 is 0. The number of aliphatic hydroxyl groups excluding tert-OH is 1. The number of carbonyl (C=O) groups excluding carboxylic acids is 1. The van der Waals surface area contributed by atoms with Crippen LogP contribution in [-0.2, 0) is 9.36 Å². The summed E-state index contributed by atoms with van der Waals surface area (Å²) in [6.07, 6.45) is 6.09. The van der Waals surface area contributed by atoms with Gasteiger partial charge in [-0.05, 0) is 30.9 Å². The fourth-order valence-corrected chi connectivity index (χ4v) is 4.30. The van der Waals surface area contributed by atoms with Crippen molar-refractivity contribution in [3.05, 3.63) is 71.6 Å². The summed E-state index contributed by atoms with van der Waals surface area (Å²) in [6, 6.07) is 9.10. The number of benzene rings is 1. The van der Waals surface area contributed by atoms with Crippen LogP contribution in [0.4, 0.5) is 0 Å². The first-order chi connectivity index (χ1) is 15.7. The third-order valence-electron chi connectivity index (χ3n) is 5.39. The third-order valence-corrected chi connectivity index (χ3v) is 6.92. The van der Waals surface area contributed by atoms with Crippen LogP contribution >= 0.6 is 7.37 Å². The molecule has 1 aromatic rings. The number of amides is 1. The number of hydrazone groups is 1. The molecule has 0 bridgehead atoms. The van der Waals surface area contributed by atoms with Gasteiger partial charge in [-0.2, -0.15) is 5.10 Å². The number of hydrogen-bond acceptors (Lipinski definition) is 8. The summed E-state index contributed by atoms with van der Waals surface area (Å²) in [6.45, 7) is 6.80. The molecule has 5 unspecified atom stereocenters. The van der Waals surface area contributed by atoms with E-state index in [0.29, 0.717) is 0 Å². The maximum atomic E-state index is 12.8. The Hall–Kier alpha value is -3.04. The number of rotatable bonds is 9. The molecule has 176 valence electrons. The SMILES string of the molecule is C=N/C=C\C(=C/C)C(NC(O)C1=CNC(N2CC(P(C)(=O)O)C=N2)NC1=O)c1ccccc1. The first-order valence-electron chi connectivity index (χ1n) is 10.4. The van der Waals surface area contributed by atoms with E-state index < -0.39 is 37.5 Å². The van der Waals surface area contributed by atoms with Gasteiger partial charge in [0.05, 0.1) is 23.8 Å². The van der Waals surface area contributed by atoms with Crippen molar-refractivity contribution in [2.24, 2.45) is 10.1 Å². The van der Waals surface area contributed by atoms with E-state index >= 15 is 0 Å². The molecule has 0 spiro atoms. The average molecular weight is 472 g/mol. The number of hydrogen-bond donors (Lipinski definition) is 5. The van der Waals surface area contributed by atoms with Crippen LogP contribution in [0.2, 0.25) is 0 Å². The van der Waals surface area contributed by atoms with E-state index in [1.807, 2.05) is 43.3 Å². The van der Waals surface area contributed by atoms with Crippen molar-refractivity contribution >= 4 is 26.2 Å². The normalized spacial score (nSPS) is 24.6. The first-order valence-corrected chi connectivity index (χ1v) is 12.6. The zero-order chi connectivity index (χ0) is 24.0. The Morgan fingerprint density at radius 1 is 1.42 bits per heavy atom. The van der Waals surface area contributed by atoms with Gasteiger partial charge in [0.1, 0.15) is 6.23 Å². The molecule has 33 heavy (non-hydrogen) atoms. The minimum Gasteiger partial charge on any atom is -0.374 e. The molecule has 10 nitrogen and oxygen atoms in total. The van der Waals surface area contributed by atoms with Gasteiger partial charge in [-0.1, -0.05) is 36.4 Å². The van der Waals surface area contributed by atoms with Crippen molar-refractivity contribution in [1.82, 2.24) is 21.0 Å². The Morgan fingerprint density at radius 3 is 2.73 bits per heavy atom. The van der Waals surface area contributed by atoms with Crippen LogP contribution in [0.15, 0.2) is 76.1 Å². The zero-order valence-electron chi connectivity index (χ0n) is 18.5. The lowest BCUT2D eigenvalue weighted by Crippen LogP contribution is -2.58. The maximum absolute atomic E-state index is 12.8. The molecule has 0 radical (unpaired) electrons. The van der Waals surface area contributed by atoms with Crippen LogP contribution in [0.1, 0.15) is 18.5 Å². The molecular weight excluding hydrogens is 443 g/mol. The average Bonchev–Trinajstić information content (AvgIpc) is 3.30. The van der Waals surface area contributed by atoms with Crippen molar-refractivity contribution in [3.8, 4) is 0 Å². The maximum Gasteiger partial charge on any atom is 0.255 e. The van der Waals surface area contributed by atoms with Crippen molar-refractivity contribution in [2.75, 3.05) is 13.2 Å². The van der Waals surface area contributed by atoms with Gasteiger partial charge >= 0.3 is 0 Å². The standard InChI is InChI=1S/C22H29N6O4P/c1-4-15(10-11-23-2)19(16-8-6-5-7-9-16)26-20(29)18-13-24-22(27-21(18)30)28-14-17(12-25-28)33(3,31)32/h4-13,17,19-20,22,24,26,29H,2,14H2,1,3H3,(H,27,30)(H,31,32)/b11-10-,15-4+. The fraction of sp³-hybridized carbons (Fsp3) is 0.318. The Morgan fingerprint density at radius 2 is 2.15 bits per heavy atom. The van der Waals surface area contributed by atoms with Crippen LogP contribution in [0.5, 0.6) is 0 Å². The van der Waals surface area contributed by atoms with E-state index in [2.05, 4.69) is 32.8 Å². The minimum atomic E-state index is -3.33. The highest BCUT2D eigenvalue weighted by Gasteiger charge is 2.36. The second kappa shape index (κ2) is 10.7. The summed E-state index contributed by atoms with van der Waals surface area (Å²) in [5, 5.41) is 25.3. The summed E-state index contributed by atoms with van der Waals surface area (Å²) < 4.78 is 11.9. The van der Waals surface area contributed by atoms with E-state index in [1.165, 1.54) is 24.1 Å². The molecule has 0 fully saturated rings. The van der Waals surface area contributed by atoms with Crippen molar-refractivity contribution in [1.29, 1.82) is 0 Å². The molecule has 0 saturated carbocycles. The van der Waals surface area contributed by atoms with Gasteiger partial charge in [-0.15, -0.1) is 0 Å². The van der Waals surface area contributed by atoms with Gasteiger partial charge in [0.25, 0.3) is 5.91 Å². The zero-order valence-corrected chi connectivity index (χ0v) is 19.4. The second-order valence-electron chi connectivity index (χ2n) is 7.74. The summed E-state index contributed by atoms with van der Waals surface area (Å²) in [7, 11) is -3.33. The second-order valence-corrected chi connectivity index (χ2v) is 10.3. The molecular formula is C22H29N6O4P. The van der Waals surface area contributed by atoms with Crippen LogP contribution in [-0.4, -0.2) is 65.2 Å². The summed E-state index contributed by atoms with van der Waals surface area (Å²) in [4.78, 5) is 26.3. The Labute approximate surface area is 192 Å². The predicted octanol–water partition coefficient (Wildman–Crippen LogP) is 1.25.